The molecule has 2 rings (SSSR count). The molecule has 0 saturated carbocycles. The van der Waals surface area contributed by atoms with Crippen LogP contribution in [0.2, 0.25) is 0 Å². The van der Waals surface area contributed by atoms with Gasteiger partial charge in [0.2, 0.25) is 0 Å². The van der Waals surface area contributed by atoms with Gasteiger partial charge in [0.1, 0.15) is 5.75 Å². The number of nitrogens with one attached hydrogen (secondary N) is 1. The minimum Gasteiger partial charge on any atom is -0.484 e. The predicted octanol–water partition coefficient (Wildman–Crippen LogP) is -0.581. The van der Waals surface area contributed by atoms with E-state index >= 15 is 0 Å². The van der Waals surface area contributed by atoms with E-state index in [1.807, 2.05) is 6.92 Å². The van der Waals surface area contributed by atoms with Crippen molar-refractivity contribution in [3.63, 3.8) is 0 Å². The van der Waals surface area contributed by atoms with Gasteiger partial charge in [-0.3, -0.25) is 4.79 Å². The van der Waals surface area contributed by atoms with Crippen molar-refractivity contribution < 1.29 is 19.2 Å². The van der Waals surface area contributed by atoms with Crippen LogP contribution in [0.1, 0.15) is 12.5 Å². The summed E-state index contributed by atoms with van der Waals surface area (Å²) < 4.78 is 10.4. The minimum absolute atomic E-state index is 0.00393. The van der Waals surface area contributed by atoms with E-state index in [0.29, 0.717) is 18.9 Å². The standard InChI is InChI=1S/C11H14BNO4/c1-2-13-11(14)7-16-9-3-4-10-8(5-9)6-17-12(10)15/h3-5,15H,2,6-7H2,1H3,(H,13,14). The summed E-state index contributed by atoms with van der Waals surface area (Å²) in [5.74, 6) is 0.456. The number of fused-ring (bicyclic) bond motifs is 1. The topological polar surface area (TPSA) is 67.8 Å². The van der Waals surface area contributed by atoms with E-state index in [2.05, 4.69) is 5.32 Å². The third-order valence-corrected chi connectivity index (χ3v) is 2.52. The van der Waals surface area contributed by atoms with Crippen molar-refractivity contribution in [2.75, 3.05) is 13.2 Å². The molecule has 1 heterocycles. The molecule has 0 spiro atoms. The van der Waals surface area contributed by atoms with E-state index in [1.165, 1.54) is 0 Å². The summed E-state index contributed by atoms with van der Waals surface area (Å²) in [6.45, 7) is 2.81. The summed E-state index contributed by atoms with van der Waals surface area (Å²) in [6.07, 6.45) is 0. The predicted molar refractivity (Wildman–Crippen MR) is 63.0 cm³/mol. The zero-order chi connectivity index (χ0) is 12.3. The lowest BCUT2D eigenvalue weighted by Gasteiger charge is -2.07. The summed E-state index contributed by atoms with van der Waals surface area (Å²) in [5.41, 5.74) is 1.65. The van der Waals surface area contributed by atoms with Crippen LogP contribution in [-0.4, -0.2) is 31.2 Å². The maximum absolute atomic E-state index is 11.2. The first-order valence-electron chi connectivity index (χ1n) is 5.52. The first-order chi connectivity index (χ1) is 8.20. The Morgan fingerprint density at radius 2 is 2.47 bits per heavy atom. The molecule has 0 fully saturated rings. The summed E-state index contributed by atoms with van der Waals surface area (Å²) in [7, 11) is -0.845. The van der Waals surface area contributed by atoms with Gasteiger partial charge >= 0.3 is 7.12 Å². The molecule has 0 radical (unpaired) electrons. The highest BCUT2D eigenvalue weighted by Gasteiger charge is 2.27. The van der Waals surface area contributed by atoms with E-state index in [-0.39, 0.29) is 12.5 Å². The second-order valence-electron chi connectivity index (χ2n) is 3.77. The van der Waals surface area contributed by atoms with Crippen LogP contribution in [0.5, 0.6) is 5.75 Å². The van der Waals surface area contributed by atoms with Crippen LogP contribution in [0.4, 0.5) is 0 Å². The van der Waals surface area contributed by atoms with Crippen LogP contribution < -0.4 is 15.5 Å². The Bertz CT molecular complexity index is 424. The quantitative estimate of drug-likeness (QED) is 0.685. The van der Waals surface area contributed by atoms with Gasteiger partial charge < -0.3 is 19.7 Å². The average Bonchev–Trinajstić information content (AvgIpc) is 2.69. The summed E-state index contributed by atoms with van der Waals surface area (Å²) in [6, 6.07) is 5.25. The number of hydrogen-bond donors (Lipinski definition) is 2. The monoisotopic (exact) mass is 235 g/mol. The zero-order valence-corrected chi connectivity index (χ0v) is 9.60. The lowest BCUT2D eigenvalue weighted by atomic mass is 9.80. The number of amides is 1. The third-order valence-electron chi connectivity index (χ3n) is 2.52. The molecule has 1 amide bonds. The molecule has 1 aromatic rings. The minimum atomic E-state index is -0.845. The van der Waals surface area contributed by atoms with Crippen molar-refractivity contribution in [2.24, 2.45) is 0 Å². The maximum atomic E-state index is 11.2. The molecular weight excluding hydrogens is 221 g/mol. The SMILES string of the molecule is CCNC(=O)COc1ccc2c(c1)COB2O. The molecule has 1 aliphatic heterocycles. The summed E-state index contributed by atoms with van der Waals surface area (Å²) in [5, 5.41) is 12.1. The van der Waals surface area contributed by atoms with Crippen LogP contribution in [0, 0.1) is 0 Å². The van der Waals surface area contributed by atoms with Gasteiger partial charge in [0, 0.05) is 6.54 Å². The third kappa shape index (κ3) is 2.78. The molecule has 5 nitrogen and oxygen atoms in total. The Morgan fingerprint density at radius 3 is 3.24 bits per heavy atom. The molecular formula is C11H14BNO4. The first kappa shape index (κ1) is 11.9. The fourth-order valence-electron chi connectivity index (χ4n) is 1.69. The van der Waals surface area contributed by atoms with Gasteiger partial charge in [-0.15, -0.1) is 0 Å². The van der Waals surface area contributed by atoms with Crippen LogP contribution >= 0.6 is 0 Å². The zero-order valence-electron chi connectivity index (χ0n) is 9.60. The number of benzene rings is 1. The van der Waals surface area contributed by atoms with Crippen molar-refractivity contribution in [3.05, 3.63) is 23.8 Å². The molecule has 90 valence electrons. The van der Waals surface area contributed by atoms with Crippen molar-refractivity contribution in [1.82, 2.24) is 5.32 Å². The van der Waals surface area contributed by atoms with E-state index in [0.717, 1.165) is 11.0 Å². The fraction of sp³-hybridized carbons (Fsp3) is 0.364. The molecule has 0 atom stereocenters. The van der Waals surface area contributed by atoms with Gasteiger partial charge in [-0.2, -0.15) is 0 Å². The number of carbonyl (C=O) groups is 1. The fourth-order valence-corrected chi connectivity index (χ4v) is 1.69. The first-order valence-corrected chi connectivity index (χ1v) is 5.52. The number of carbonyl (C=O) groups excluding carboxylic acids is 1. The van der Waals surface area contributed by atoms with E-state index in [9.17, 15) is 9.82 Å². The molecule has 17 heavy (non-hydrogen) atoms. The number of ether oxygens (including phenoxy) is 1. The second-order valence-corrected chi connectivity index (χ2v) is 3.77. The Kier molecular flexibility index (Phi) is 3.66. The van der Waals surface area contributed by atoms with E-state index in [4.69, 9.17) is 9.39 Å². The van der Waals surface area contributed by atoms with E-state index < -0.39 is 7.12 Å². The van der Waals surface area contributed by atoms with E-state index in [1.54, 1.807) is 18.2 Å². The van der Waals surface area contributed by atoms with Gasteiger partial charge in [-0.05, 0) is 30.1 Å². The smallest absolute Gasteiger partial charge is 0.484 e. The molecule has 1 aliphatic rings. The van der Waals surface area contributed by atoms with Crippen molar-refractivity contribution in [2.45, 2.75) is 13.5 Å². The molecule has 0 aromatic heterocycles. The van der Waals surface area contributed by atoms with Gasteiger partial charge in [-0.1, -0.05) is 6.07 Å². The lowest BCUT2D eigenvalue weighted by molar-refractivity contribution is -0.122. The van der Waals surface area contributed by atoms with Gasteiger partial charge in [0.05, 0.1) is 6.61 Å². The number of rotatable bonds is 4. The highest BCUT2D eigenvalue weighted by molar-refractivity contribution is 6.61. The van der Waals surface area contributed by atoms with Crippen molar-refractivity contribution in [3.8, 4) is 5.75 Å². The summed E-state index contributed by atoms with van der Waals surface area (Å²) in [4.78, 5) is 11.2. The Morgan fingerprint density at radius 1 is 1.65 bits per heavy atom. The maximum Gasteiger partial charge on any atom is 0.491 e. The van der Waals surface area contributed by atoms with Gasteiger partial charge in [0.25, 0.3) is 5.91 Å². The van der Waals surface area contributed by atoms with Crippen molar-refractivity contribution >= 4 is 18.5 Å². The van der Waals surface area contributed by atoms with Gasteiger partial charge in [0.15, 0.2) is 6.61 Å². The van der Waals surface area contributed by atoms with Crippen LogP contribution in [0.15, 0.2) is 18.2 Å². The highest BCUT2D eigenvalue weighted by atomic mass is 16.5. The van der Waals surface area contributed by atoms with Crippen LogP contribution in [0.25, 0.3) is 0 Å². The molecule has 6 heteroatoms. The molecule has 0 unspecified atom stereocenters. The Hall–Kier alpha value is -1.53. The van der Waals surface area contributed by atoms with Gasteiger partial charge in [-0.25, -0.2) is 0 Å². The normalized spacial score (nSPS) is 13.4. The Balaban J connectivity index is 1.97. The average molecular weight is 235 g/mol. The molecule has 0 bridgehead atoms. The number of hydrogen-bond acceptors (Lipinski definition) is 4. The molecule has 2 N–H and O–H groups in total. The lowest BCUT2D eigenvalue weighted by Crippen LogP contribution is -2.29. The number of likely N-dealkylation sites (N-methyl/N-ethyl adjacent to an activating group) is 1. The summed E-state index contributed by atoms with van der Waals surface area (Å²) >= 11 is 0. The Labute approximate surface area is 99.9 Å². The highest BCUT2D eigenvalue weighted by Crippen LogP contribution is 2.17. The largest absolute Gasteiger partial charge is 0.491 e. The molecule has 0 aliphatic carbocycles. The molecule has 1 aromatic carbocycles. The molecule has 0 saturated heterocycles. The van der Waals surface area contributed by atoms with Crippen molar-refractivity contribution in [1.29, 1.82) is 0 Å². The van der Waals surface area contributed by atoms with Crippen LogP contribution in [0.3, 0.4) is 0 Å². The van der Waals surface area contributed by atoms with Crippen LogP contribution in [-0.2, 0) is 16.1 Å². The second kappa shape index (κ2) is 5.20.